The van der Waals surface area contributed by atoms with Crippen LogP contribution >= 0.6 is 0 Å². The molecule has 2 aromatic carbocycles. The van der Waals surface area contributed by atoms with Gasteiger partial charge in [0.2, 0.25) is 0 Å². The van der Waals surface area contributed by atoms with Crippen LogP contribution < -0.4 is 9.47 Å². The van der Waals surface area contributed by atoms with Gasteiger partial charge in [0.1, 0.15) is 17.6 Å². The lowest BCUT2D eigenvalue weighted by atomic mass is 9.76. The van der Waals surface area contributed by atoms with Crippen molar-refractivity contribution in [1.29, 1.82) is 0 Å². The molecule has 0 saturated heterocycles. The summed E-state index contributed by atoms with van der Waals surface area (Å²) in [5, 5.41) is 9.09. The highest BCUT2D eigenvalue weighted by atomic mass is 16.5. The van der Waals surface area contributed by atoms with E-state index in [1.807, 2.05) is 18.2 Å². The smallest absolute Gasteiger partial charge is 0.304 e. The van der Waals surface area contributed by atoms with Crippen molar-refractivity contribution in [2.24, 2.45) is 5.41 Å². The topological polar surface area (TPSA) is 55.8 Å². The van der Waals surface area contributed by atoms with Crippen molar-refractivity contribution in [3.63, 3.8) is 0 Å². The second-order valence-electron chi connectivity index (χ2n) is 9.80. The molecule has 0 spiro atoms. The van der Waals surface area contributed by atoms with E-state index in [1.165, 1.54) is 36.0 Å². The molecule has 2 aliphatic carbocycles. The molecule has 5 rings (SSSR count). The number of aliphatic carboxylic acids is 1. The number of carbonyl (C=O) groups is 1. The predicted molar refractivity (Wildman–Crippen MR) is 115 cm³/mol. The average molecular weight is 407 g/mol. The minimum absolute atomic E-state index is 0.0683. The summed E-state index contributed by atoms with van der Waals surface area (Å²) in [7, 11) is 0. The lowest BCUT2D eigenvalue weighted by Crippen LogP contribution is -2.17. The molecule has 0 amide bonds. The highest BCUT2D eigenvalue weighted by Crippen LogP contribution is 2.51. The summed E-state index contributed by atoms with van der Waals surface area (Å²) < 4.78 is 12.2. The molecule has 0 unspecified atom stereocenters. The van der Waals surface area contributed by atoms with Crippen LogP contribution in [0.2, 0.25) is 0 Å². The maximum Gasteiger partial charge on any atom is 0.304 e. The summed E-state index contributed by atoms with van der Waals surface area (Å²) in [5.74, 6) is 1.34. The molecule has 4 nitrogen and oxygen atoms in total. The van der Waals surface area contributed by atoms with Crippen LogP contribution in [0.15, 0.2) is 36.4 Å². The van der Waals surface area contributed by atoms with Crippen LogP contribution in [0.25, 0.3) is 0 Å². The van der Waals surface area contributed by atoms with Crippen molar-refractivity contribution in [1.82, 2.24) is 0 Å². The molecule has 4 heteroatoms. The molecule has 1 saturated carbocycles. The van der Waals surface area contributed by atoms with E-state index in [-0.39, 0.29) is 18.4 Å². The van der Waals surface area contributed by atoms with Crippen LogP contribution in [0, 0.1) is 5.41 Å². The quantitative estimate of drug-likeness (QED) is 0.662. The van der Waals surface area contributed by atoms with E-state index in [1.54, 1.807) is 0 Å². The lowest BCUT2D eigenvalue weighted by molar-refractivity contribution is -0.137. The Balaban J connectivity index is 1.37. The molecule has 0 radical (unpaired) electrons. The average Bonchev–Trinajstić information content (AvgIpc) is 3.39. The van der Waals surface area contributed by atoms with Gasteiger partial charge in [0.05, 0.1) is 13.0 Å². The van der Waals surface area contributed by atoms with E-state index in [9.17, 15) is 4.79 Å². The fraction of sp³-hybridized carbons (Fsp3) is 0.500. The van der Waals surface area contributed by atoms with E-state index < -0.39 is 5.97 Å². The summed E-state index contributed by atoms with van der Waals surface area (Å²) in [5.41, 5.74) is 5.72. The maximum atomic E-state index is 11.1. The molecule has 30 heavy (non-hydrogen) atoms. The number of benzene rings is 2. The van der Waals surface area contributed by atoms with Gasteiger partial charge in [-0.2, -0.15) is 0 Å². The number of carboxylic acids is 1. The Morgan fingerprint density at radius 1 is 1.17 bits per heavy atom. The predicted octanol–water partition coefficient (Wildman–Crippen LogP) is 6.00. The number of hydrogen-bond donors (Lipinski definition) is 1. The summed E-state index contributed by atoms with van der Waals surface area (Å²) in [6.07, 6.45) is 6.15. The first-order valence-corrected chi connectivity index (χ1v) is 11.2. The molecule has 3 atom stereocenters. The standard InChI is InChI=1S/C26H30O4/c1-26(2)12-4-7-22(26)20-5-3-6-21-19(20)10-11-23(21)30-17-8-9-18-16(13-25(27)28)15-29-24(18)14-17/h3,5-6,8-9,14,16,22-23H,4,7,10-13,15H2,1-2H3,(H,27,28)/t16-,22+,23-/m1/s1. The monoisotopic (exact) mass is 406 g/mol. The molecule has 0 bridgehead atoms. The van der Waals surface area contributed by atoms with Crippen LogP contribution in [-0.4, -0.2) is 17.7 Å². The SMILES string of the molecule is CC1(C)CCC[C@H]1c1cccc2c1CC[C@H]2Oc1ccc2c(c1)OC[C@H]2CC(=O)O. The first-order valence-electron chi connectivity index (χ1n) is 11.2. The second-order valence-corrected chi connectivity index (χ2v) is 9.80. The Labute approximate surface area is 178 Å². The lowest BCUT2D eigenvalue weighted by Gasteiger charge is -2.29. The number of carboxylic acid groups (broad SMARTS) is 1. The third-order valence-electron chi connectivity index (χ3n) is 7.45. The van der Waals surface area contributed by atoms with Crippen molar-refractivity contribution >= 4 is 5.97 Å². The van der Waals surface area contributed by atoms with Gasteiger partial charge in [0.15, 0.2) is 0 Å². The minimum atomic E-state index is -0.791. The molecule has 1 N–H and O–H groups in total. The Bertz CT molecular complexity index is 977. The molecular weight excluding hydrogens is 376 g/mol. The van der Waals surface area contributed by atoms with Gasteiger partial charge in [-0.15, -0.1) is 0 Å². The Morgan fingerprint density at radius 3 is 2.77 bits per heavy atom. The Kier molecular flexibility index (Phi) is 4.76. The molecule has 1 fully saturated rings. The summed E-state index contributed by atoms with van der Waals surface area (Å²) in [6, 6.07) is 12.6. The zero-order valence-corrected chi connectivity index (χ0v) is 17.8. The van der Waals surface area contributed by atoms with Gasteiger partial charge in [-0.1, -0.05) is 44.5 Å². The highest BCUT2D eigenvalue weighted by molar-refractivity contribution is 5.68. The third kappa shape index (κ3) is 3.36. The normalized spacial score (nSPS) is 26.1. The Hall–Kier alpha value is -2.49. The largest absolute Gasteiger partial charge is 0.492 e. The summed E-state index contributed by atoms with van der Waals surface area (Å²) >= 11 is 0. The molecular formula is C26H30O4. The molecule has 3 aliphatic rings. The number of hydrogen-bond acceptors (Lipinski definition) is 3. The van der Waals surface area contributed by atoms with Crippen molar-refractivity contribution in [3.05, 3.63) is 58.7 Å². The third-order valence-corrected chi connectivity index (χ3v) is 7.45. The van der Waals surface area contributed by atoms with E-state index in [4.69, 9.17) is 14.6 Å². The minimum Gasteiger partial charge on any atom is -0.492 e. The highest BCUT2D eigenvalue weighted by Gasteiger charge is 2.38. The van der Waals surface area contributed by atoms with E-state index in [0.29, 0.717) is 17.9 Å². The molecule has 0 aromatic heterocycles. The number of fused-ring (bicyclic) bond motifs is 2. The summed E-state index contributed by atoms with van der Waals surface area (Å²) in [4.78, 5) is 11.1. The first kappa shape index (κ1) is 19.5. The molecule has 158 valence electrons. The fourth-order valence-electron chi connectivity index (χ4n) is 5.87. The van der Waals surface area contributed by atoms with Crippen LogP contribution in [0.4, 0.5) is 0 Å². The van der Waals surface area contributed by atoms with Crippen molar-refractivity contribution in [2.45, 2.75) is 70.3 Å². The van der Waals surface area contributed by atoms with Crippen molar-refractivity contribution in [3.8, 4) is 11.5 Å². The van der Waals surface area contributed by atoms with Gasteiger partial charge in [-0.05, 0) is 59.8 Å². The zero-order valence-electron chi connectivity index (χ0n) is 17.8. The fourth-order valence-corrected chi connectivity index (χ4v) is 5.87. The van der Waals surface area contributed by atoms with Crippen molar-refractivity contribution in [2.75, 3.05) is 6.61 Å². The number of rotatable bonds is 5. The number of ether oxygens (including phenoxy) is 2. The van der Waals surface area contributed by atoms with Gasteiger partial charge in [0, 0.05) is 17.5 Å². The van der Waals surface area contributed by atoms with Gasteiger partial charge in [0.25, 0.3) is 0 Å². The molecule has 1 aliphatic heterocycles. The maximum absolute atomic E-state index is 11.1. The van der Waals surface area contributed by atoms with Gasteiger partial charge in [-0.3, -0.25) is 4.79 Å². The van der Waals surface area contributed by atoms with Gasteiger partial charge >= 0.3 is 5.97 Å². The van der Waals surface area contributed by atoms with Crippen LogP contribution in [0.3, 0.4) is 0 Å². The van der Waals surface area contributed by atoms with E-state index >= 15 is 0 Å². The van der Waals surface area contributed by atoms with Crippen LogP contribution in [0.5, 0.6) is 11.5 Å². The molecule has 2 aromatic rings. The van der Waals surface area contributed by atoms with Crippen LogP contribution in [0.1, 0.15) is 86.1 Å². The van der Waals surface area contributed by atoms with E-state index in [0.717, 1.165) is 29.9 Å². The van der Waals surface area contributed by atoms with E-state index in [2.05, 4.69) is 32.0 Å². The Morgan fingerprint density at radius 2 is 2.00 bits per heavy atom. The first-order chi connectivity index (χ1) is 14.4. The molecule has 1 heterocycles. The van der Waals surface area contributed by atoms with Crippen molar-refractivity contribution < 1.29 is 19.4 Å². The second kappa shape index (κ2) is 7.33. The zero-order chi connectivity index (χ0) is 20.9. The van der Waals surface area contributed by atoms with Gasteiger partial charge < -0.3 is 14.6 Å². The van der Waals surface area contributed by atoms with Crippen LogP contribution in [-0.2, 0) is 11.2 Å². The summed E-state index contributed by atoms with van der Waals surface area (Å²) in [6.45, 7) is 5.25. The van der Waals surface area contributed by atoms with Gasteiger partial charge in [-0.25, -0.2) is 0 Å².